The van der Waals surface area contributed by atoms with Crippen molar-refractivity contribution < 1.29 is 8.42 Å². The molecule has 20 heavy (non-hydrogen) atoms. The Morgan fingerprint density at radius 1 is 0.950 bits per heavy atom. The minimum absolute atomic E-state index is 0.276. The normalized spacial score (nSPS) is 11.3. The van der Waals surface area contributed by atoms with Crippen LogP contribution >= 0.6 is 0 Å². The van der Waals surface area contributed by atoms with E-state index in [1.54, 1.807) is 31.2 Å². The van der Waals surface area contributed by atoms with Crippen LogP contribution in [-0.2, 0) is 10.0 Å². The molecule has 106 valence electrons. The zero-order chi connectivity index (χ0) is 14.9. The highest BCUT2D eigenvalue weighted by Crippen LogP contribution is 2.25. The van der Waals surface area contributed by atoms with Crippen molar-refractivity contribution in [2.45, 2.75) is 25.7 Å². The molecule has 0 saturated carbocycles. The van der Waals surface area contributed by atoms with Gasteiger partial charge in [0.1, 0.15) is 0 Å². The molecule has 0 fully saturated rings. The Kier molecular flexibility index (Phi) is 3.72. The van der Waals surface area contributed by atoms with E-state index in [-0.39, 0.29) is 4.90 Å². The second-order valence-electron chi connectivity index (χ2n) is 4.89. The van der Waals surface area contributed by atoms with Crippen LogP contribution in [0.5, 0.6) is 0 Å². The van der Waals surface area contributed by atoms with Gasteiger partial charge in [0.25, 0.3) is 10.0 Å². The number of nitrogens with two attached hydrogens (primary N) is 1. The predicted molar refractivity (Wildman–Crippen MR) is 82.3 cm³/mol. The zero-order valence-electron chi connectivity index (χ0n) is 11.8. The summed E-state index contributed by atoms with van der Waals surface area (Å²) >= 11 is 0. The third kappa shape index (κ3) is 2.77. The second-order valence-corrected chi connectivity index (χ2v) is 6.55. The van der Waals surface area contributed by atoms with Gasteiger partial charge in [-0.2, -0.15) is 0 Å². The number of nitrogens with one attached hydrogen (secondary N) is 1. The summed E-state index contributed by atoms with van der Waals surface area (Å²) in [6.45, 7) is 5.51. The molecule has 0 spiro atoms. The summed E-state index contributed by atoms with van der Waals surface area (Å²) in [7, 11) is -3.60. The summed E-state index contributed by atoms with van der Waals surface area (Å²) in [4.78, 5) is 0.276. The molecule has 0 atom stereocenters. The molecular formula is C15H18N2O2S. The highest BCUT2D eigenvalue weighted by atomic mass is 32.2. The molecule has 2 rings (SSSR count). The molecule has 2 aromatic rings. The van der Waals surface area contributed by atoms with Gasteiger partial charge < -0.3 is 5.73 Å². The lowest BCUT2D eigenvalue weighted by atomic mass is 10.1. The van der Waals surface area contributed by atoms with Crippen LogP contribution in [-0.4, -0.2) is 8.42 Å². The number of hydrogen-bond donors (Lipinski definition) is 2. The first kappa shape index (κ1) is 14.4. The molecule has 4 nitrogen and oxygen atoms in total. The van der Waals surface area contributed by atoms with Crippen molar-refractivity contribution in [3.63, 3.8) is 0 Å². The van der Waals surface area contributed by atoms with E-state index in [1.165, 1.54) is 0 Å². The standard InChI is InChI=1S/C15H18N2O2S/c1-10-6-4-5-7-15(10)20(18,19)17-14-9-13(16)11(2)8-12(14)3/h4-9,17H,16H2,1-3H3. The number of anilines is 2. The Bertz CT molecular complexity index is 752. The lowest BCUT2D eigenvalue weighted by Gasteiger charge is -2.14. The van der Waals surface area contributed by atoms with Crippen molar-refractivity contribution >= 4 is 21.4 Å². The first-order valence-corrected chi connectivity index (χ1v) is 7.75. The average Bonchev–Trinajstić information content (AvgIpc) is 2.36. The number of aryl methyl sites for hydroxylation is 3. The van der Waals surface area contributed by atoms with Crippen LogP contribution in [0.4, 0.5) is 11.4 Å². The van der Waals surface area contributed by atoms with Gasteiger partial charge in [0.05, 0.1) is 10.6 Å². The minimum atomic E-state index is -3.60. The highest BCUT2D eigenvalue weighted by Gasteiger charge is 2.17. The molecule has 0 heterocycles. The van der Waals surface area contributed by atoms with Gasteiger partial charge in [-0.05, 0) is 49.6 Å². The molecule has 5 heteroatoms. The van der Waals surface area contributed by atoms with E-state index in [0.717, 1.165) is 11.1 Å². The number of sulfonamides is 1. The molecule has 3 N–H and O–H groups in total. The quantitative estimate of drug-likeness (QED) is 0.854. The molecular weight excluding hydrogens is 272 g/mol. The van der Waals surface area contributed by atoms with Crippen molar-refractivity contribution in [1.82, 2.24) is 0 Å². The Morgan fingerprint density at radius 3 is 2.25 bits per heavy atom. The van der Waals surface area contributed by atoms with E-state index >= 15 is 0 Å². The fourth-order valence-electron chi connectivity index (χ4n) is 2.04. The Hall–Kier alpha value is -2.01. The lowest BCUT2D eigenvalue weighted by molar-refractivity contribution is 0.600. The van der Waals surface area contributed by atoms with Crippen molar-refractivity contribution in [3.8, 4) is 0 Å². The number of nitrogen functional groups attached to an aromatic ring is 1. The maximum atomic E-state index is 12.4. The maximum absolute atomic E-state index is 12.4. The van der Waals surface area contributed by atoms with Crippen molar-refractivity contribution in [1.29, 1.82) is 0 Å². The van der Waals surface area contributed by atoms with Crippen LogP contribution in [0.3, 0.4) is 0 Å². The monoisotopic (exact) mass is 290 g/mol. The SMILES string of the molecule is Cc1cc(C)c(NS(=O)(=O)c2ccccc2C)cc1N. The summed E-state index contributed by atoms with van der Waals surface area (Å²) < 4.78 is 27.4. The molecule has 0 unspecified atom stereocenters. The van der Waals surface area contributed by atoms with Crippen molar-refractivity contribution in [2.75, 3.05) is 10.5 Å². The van der Waals surface area contributed by atoms with Crippen LogP contribution < -0.4 is 10.5 Å². The topological polar surface area (TPSA) is 72.2 Å². The largest absolute Gasteiger partial charge is 0.398 e. The van der Waals surface area contributed by atoms with Gasteiger partial charge in [-0.3, -0.25) is 4.72 Å². The van der Waals surface area contributed by atoms with Crippen LogP contribution in [0.15, 0.2) is 41.3 Å². The third-order valence-electron chi connectivity index (χ3n) is 3.24. The lowest BCUT2D eigenvalue weighted by Crippen LogP contribution is -2.15. The molecule has 0 aliphatic heterocycles. The maximum Gasteiger partial charge on any atom is 0.262 e. The van der Waals surface area contributed by atoms with E-state index in [0.29, 0.717) is 16.9 Å². The fraction of sp³-hybridized carbons (Fsp3) is 0.200. The van der Waals surface area contributed by atoms with Gasteiger partial charge >= 0.3 is 0 Å². The van der Waals surface area contributed by atoms with Gasteiger partial charge in [-0.25, -0.2) is 8.42 Å². The fourth-order valence-corrected chi connectivity index (χ4v) is 3.41. The van der Waals surface area contributed by atoms with E-state index in [1.807, 2.05) is 26.0 Å². The minimum Gasteiger partial charge on any atom is -0.398 e. The second kappa shape index (κ2) is 5.17. The molecule has 0 radical (unpaired) electrons. The van der Waals surface area contributed by atoms with Crippen molar-refractivity contribution in [2.24, 2.45) is 0 Å². The van der Waals surface area contributed by atoms with E-state index < -0.39 is 10.0 Å². The Morgan fingerprint density at radius 2 is 1.60 bits per heavy atom. The average molecular weight is 290 g/mol. The number of benzene rings is 2. The third-order valence-corrected chi connectivity index (χ3v) is 4.77. The summed E-state index contributed by atoms with van der Waals surface area (Å²) in [6.07, 6.45) is 0. The van der Waals surface area contributed by atoms with Gasteiger partial charge in [0.2, 0.25) is 0 Å². The zero-order valence-corrected chi connectivity index (χ0v) is 12.6. The van der Waals surface area contributed by atoms with E-state index in [4.69, 9.17) is 5.73 Å². The van der Waals surface area contributed by atoms with Crippen LogP contribution in [0.1, 0.15) is 16.7 Å². The van der Waals surface area contributed by atoms with Crippen molar-refractivity contribution in [3.05, 3.63) is 53.1 Å². The smallest absolute Gasteiger partial charge is 0.262 e. The first-order chi connectivity index (χ1) is 9.31. The molecule has 0 saturated heterocycles. The Labute approximate surface area is 119 Å². The Balaban J connectivity index is 2.44. The van der Waals surface area contributed by atoms with Gasteiger partial charge in [-0.15, -0.1) is 0 Å². The van der Waals surface area contributed by atoms with Gasteiger partial charge in [0, 0.05) is 5.69 Å². The van der Waals surface area contributed by atoms with Crippen LogP contribution in [0.2, 0.25) is 0 Å². The van der Waals surface area contributed by atoms with Crippen LogP contribution in [0.25, 0.3) is 0 Å². The molecule has 0 aliphatic carbocycles. The summed E-state index contributed by atoms with van der Waals surface area (Å²) in [6, 6.07) is 10.4. The molecule has 0 aromatic heterocycles. The van der Waals surface area contributed by atoms with E-state index in [2.05, 4.69) is 4.72 Å². The predicted octanol–water partition coefficient (Wildman–Crippen LogP) is 2.99. The molecule has 0 bridgehead atoms. The van der Waals surface area contributed by atoms with Gasteiger partial charge in [0.15, 0.2) is 0 Å². The number of hydrogen-bond acceptors (Lipinski definition) is 3. The summed E-state index contributed by atoms with van der Waals surface area (Å²) in [5.74, 6) is 0. The summed E-state index contributed by atoms with van der Waals surface area (Å²) in [5, 5.41) is 0. The number of rotatable bonds is 3. The molecule has 2 aromatic carbocycles. The van der Waals surface area contributed by atoms with Gasteiger partial charge in [-0.1, -0.05) is 24.3 Å². The van der Waals surface area contributed by atoms with Crippen LogP contribution in [0, 0.1) is 20.8 Å². The molecule has 0 aliphatic rings. The molecule has 0 amide bonds. The highest BCUT2D eigenvalue weighted by molar-refractivity contribution is 7.92. The van der Waals surface area contributed by atoms with E-state index in [9.17, 15) is 8.42 Å². The first-order valence-electron chi connectivity index (χ1n) is 6.26. The summed E-state index contributed by atoms with van der Waals surface area (Å²) in [5.41, 5.74) is 9.40.